The Bertz CT molecular complexity index is 1130. The number of carbonyl (C=O) groups excluding carboxylic acids is 1. The topological polar surface area (TPSA) is 88.6 Å². The van der Waals surface area contributed by atoms with E-state index in [4.69, 9.17) is 14.2 Å². The normalized spacial score (nSPS) is 19.0. The van der Waals surface area contributed by atoms with Gasteiger partial charge in [0.05, 0.1) is 18.1 Å². The van der Waals surface area contributed by atoms with Gasteiger partial charge in [-0.2, -0.15) is 4.31 Å². The third kappa shape index (κ3) is 5.16. The van der Waals surface area contributed by atoms with Gasteiger partial charge in [0.2, 0.25) is 16.8 Å². The number of morpholine rings is 1. The molecular weight excluding hydrogens is 482 g/mol. The van der Waals surface area contributed by atoms with Crippen LogP contribution in [0.1, 0.15) is 15.9 Å². The van der Waals surface area contributed by atoms with Gasteiger partial charge in [0, 0.05) is 51.4 Å². The van der Waals surface area contributed by atoms with Crippen LogP contribution in [0.15, 0.2) is 47.4 Å². The number of hydrogen-bond acceptors (Lipinski definition) is 7. The molecule has 0 aliphatic carbocycles. The first-order valence-corrected chi connectivity index (χ1v) is 12.5. The van der Waals surface area contributed by atoms with Gasteiger partial charge >= 0.3 is 0 Å². The van der Waals surface area contributed by atoms with E-state index in [0.717, 1.165) is 36.7 Å². The van der Waals surface area contributed by atoms with E-state index in [0.29, 0.717) is 45.0 Å². The number of rotatable bonds is 5. The molecule has 3 aliphatic heterocycles. The first-order valence-electron chi connectivity index (χ1n) is 11.1. The Morgan fingerprint density at radius 1 is 0.882 bits per heavy atom. The first kappa shape index (κ1) is 24.7. The van der Waals surface area contributed by atoms with E-state index in [9.17, 15) is 13.2 Å². The lowest BCUT2D eigenvalue weighted by Crippen LogP contribution is -3.00. The molecule has 3 heterocycles. The summed E-state index contributed by atoms with van der Waals surface area (Å²) in [6, 6.07) is 12.3. The van der Waals surface area contributed by atoms with Crippen LogP contribution in [0.2, 0.25) is 0 Å². The Balaban J connectivity index is 0.00000274. The molecule has 2 saturated heterocycles. The van der Waals surface area contributed by atoms with Gasteiger partial charge in [-0.15, -0.1) is 0 Å². The fraction of sp³-hybridized carbons (Fsp3) is 0.435. The van der Waals surface area contributed by atoms with E-state index in [1.165, 1.54) is 10.4 Å². The maximum atomic E-state index is 13.1. The van der Waals surface area contributed by atoms with Gasteiger partial charge in [-0.1, -0.05) is 12.1 Å². The summed E-state index contributed by atoms with van der Waals surface area (Å²) in [5.41, 5.74) is 1.54. The zero-order valence-corrected chi connectivity index (χ0v) is 20.3. The number of halogens is 1. The van der Waals surface area contributed by atoms with Crippen LogP contribution in [0.25, 0.3) is 0 Å². The summed E-state index contributed by atoms with van der Waals surface area (Å²) in [5, 5.41) is 0. The molecule has 184 valence electrons. The number of amides is 1. The number of fused-ring (bicyclic) bond motifs is 1. The van der Waals surface area contributed by atoms with Crippen LogP contribution in [0.3, 0.4) is 0 Å². The zero-order valence-electron chi connectivity index (χ0n) is 18.7. The number of sulfonamides is 1. The first-order chi connectivity index (χ1) is 16.0. The van der Waals surface area contributed by atoms with Gasteiger partial charge in [0.15, 0.2) is 11.5 Å². The van der Waals surface area contributed by atoms with Crippen LogP contribution in [0, 0.1) is 0 Å². The molecule has 2 aromatic rings. The molecule has 0 N–H and O–H groups in total. The largest absolute Gasteiger partial charge is 1.00 e. The molecule has 0 saturated carbocycles. The molecule has 0 atom stereocenters. The average molecular weight is 509 g/mol. The molecule has 1 amide bonds. The second-order valence-corrected chi connectivity index (χ2v) is 10.2. The number of nitrogens with zero attached hydrogens (tertiary/aromatic N) is 3. The fourth-order valence-corrected chi connectivity index (χ4v) is 5.77. The van der Waals surface area contributed by atoms with E-state index < -0.39 is 10.0 Å². The van der Waals surface area contributed by atoms with Crippen molar-refractivity contribution >= 4 is 15.9 Å². The molecule has 2 aromatic carbocycles. The van der Waals surface area contributed by atoms with Crippen LogP contribution in [0.4, 0.5) is 0 Å². The fourth-order valence-electron chi connectivity index (χ4n) is 4.31. The SMILES string of the molecule is O=C(c1cccc(S(=O)(=O)N2CCOCC2)c1)N1CCN(Cc2ccc3c(c2)OCO3)CC1.[Cl-]. The Labute approximate surface area is 205 Å². The Morgan fingerprint density at radius 3 is 2.38 bits per heavy atom. The summed E-state index contributed by atoms with van der Waals surface area (Å²) in [5.74, 6) is 1.40. The predicted octanol–water partition coefficient (Wildman–Crippen LogP) is -1.60. The van der Waals surface area contributed by atoms with E-state index >= 15 is 0 Å². The van der Waals surface area contributed by atoms with Gasteiger partial charge in [0.1, 0.15) is 0 Å². The van der Waals surface area contributed by atoms with Crippen LogP contribution >= 0.6 is 0 Å². The van der Waals surface area contributed by atoms with Crippen molar-refractivity contribution < 1.29 is 39.8 Å². The highest BCUT2D eigenvalue weighted by Crippen LogP contribution is 2.33. The highest BCUT2D eigenvalue weighted by molar-refractivity contribution is 7.89. The predicted molar refractivity (Wildman–Crippen MR) is 120 cm³/mol. The number of carbonyl (C=O) groups is 1. The molecule has 34 heavy (non-hydrogen) atoms. The minimum absolute atomic E-state index is 0. The molecule has 5 rings (SSSR count). The Morgan fingerprint density at radius 2 is 1.62 bits per heavy atom. The maximum absolute atomic E-state index is 13.1. The summed E-state index contributed by atoms with van der Waals surface area (Å²) in [4.78, 5) is 17.3. The summed E-state index contributed by atoms with van der Waals surface area (Å²) >= 11 is 0. The number of hydrogen-bond donors (Lipinski definition) is 0. The molecule has 0 spiro atoms. The van der Waals surface area contributed by atoms with Crippen LogP contribution in [0.5, 0.6) is 11.5 Å². The highest BCUT2D eigenvalue weighted by atomic mass is 35.5. The van der Waals surface area contributed by atoms with Crippen molar-refractivity contribution in [1.82, 2.24) is 14.1 Å². The minimum atomic E-state index is -3.64. The standard InChI is InChI=1S/C23H27N3O6S.ClH/c27-23(19-2-1-3-20(15-19)33(28,29)26-10-12-30-13-11-26)25-8-6-24(7-9-25)16-18-4-5-21-22(14-18)32-17-31-21;/h1-5,14-15H,6-13,16-17H2;1H/p-1. The number of ether oxygens (including phenoxy) is 3. The molecule has 0 aromatic heterocycles. The van der Waals surface area contributed by atoms with E-state index in [2.05, 4.69) is 4.90 Å². The molecule has 0 bridgehead atoms. The monoisotopic (exact) mass is 508 g/mol. The third-order valence-corrected chi connectivity index (χ3v) is 8.09. The van der Waals surface area contributed by atoms with E-state index in [1.54, 1.807) is 23.1 Å². The average Bonchev–Trinajstić information content (AvgIpc) is 3.33. The Kier molecular flexibility index (Phi) is 7.63. The minimum Gasteiger partial charge on any atom is -1.00 e. The van der Waals surface area contributed by atoms with Crippen LogP contribution in [-0.2, 0) is 21.3 Å². The molecule has 0 unspecified atom stereocenters. The van der Waals surface area contributed by atoms with Crippen molar-refractivity contribution in [2.24, 2.45) is 0 Å². The zero-order chi connectivity index (χ0) is 22.8. The lowest BCUT2D eigenvalue weighted by molar-refractivity contribution is -0.0000219. The molecular formula is C23H27ClN3O6S-. The van der Waals surface area contributed by atoms with Crippen molar-refractivity contribution in [2.75, 3.05) is 59.3 Å². The van der Waals surface area contributed by atoms with E-state index in [1.807, 2.05) is 18.2 Å². The summed E-state index contributed by atoms with van der Waals surface area (Å²) in [7, 11) is -3.64. The summed E-state index contributed by atoms with van der Waals surface area (Å²) in [6.45, 7) is 5.10. The van der Waals surface area contributed by atoms with Crippen LogP contribution < -0.4 is 21.9 Å². The van der Waals surface area contributed by atoms with Crippen molar-refractivity contribution in [3.8, 4) is 11.5 Å². The molecule has 0 radical (unpaired) electrons. The highest BCUT2D eigenvalue weighted by Gasteiger charge is 2.28. The second-order valence-electron chi connectivity index (χ2n) is 8.30. The van der Waals surface area contributed by atoms with Crippen molar-refractivity contribution in [1.29, 1.82) is 0 Å². The molecule has 11 heteroatoms. The van der Waals surface area contributed by atoms with Gasteiger partial charge in [-0.25, -0.2) is 8.42 Å². The quantitative estimate of drug-likeness (QED) is 0.480. The van der Waals surface area contributed by atoms with Crippen molar-refractivity contribution in [3.63, 3.8) is 0 Å². The smallest absolute Gasteiger partial charge is 0.253 e. The summed E-state index contributed by atoms with van der Waals surface area (Å²) in [6.07, 6.45) is 0. The molecule has 3 aliphatic rings. The summed E-state index contributed by atoms with van der Waals surface area (Å²) < 4.78 is 43.4. The van der Waals surface area contributed by atoms with E-state index in [-0.39, 0.29) is 30.0 Å². The third-order valence-electron chi connectivity index (χ3n) is 6.19. The lowest BCUT2D eigenvalue weighted by atomic mass is 10.1. The van der Waals surface area contributed by atoms with Gasteiger partial charge in [-0.05, 0) is 35.9 Å². The molecule has 2 fully saturated rings. The Hall–Kier alpha value is -2.37. The van der Waals surface area contributed by atoms with Crippen LogP contribution in [-0.4, -0.2) is 87.7 Å². The van der Waals surface area contributed by atoms with Gasteiger partial charge in [-0.3, -0.25) is 9.69 Å². The number of benzene rings is 2. The lowest BCUT2D eigenvalue weighted by Gasteiger charge is -2.35. The molecule has 9 nitrogen and oxygen atoms in total. The van der Waals surface area contributed by atoms with Gasteiger partial charge in [0.25, 0.3) is 5.91 Å². The van der Waals surface area contributed by atoms with Crippen molar-refractivity contribution in [3.05, 3.63) is 53.6 Å². The number of piperazine rings is 1. The maximum Gasteiger partial charge on any atom is 0.253 e. The van der Waals surface area contributed by atoms with Crippen molar-refractivity contribution in [2.45, 2.75) is 11.4 Å². The second kappa shape index (κ2) is 10.5. The van der Waals surface area contributed by atoms with Gasteiger partial charge < -0.3 is 31.5 Å².